The second kappa shape index (κ2) is 4.48. The van der Waals surface area contributed by atoms with Crippen molar-refractivity contribution in [3.63, 3.8) is 0 Å². The van der Waals surface area contributed by atoms with Crippen LogP contribution in [0.15, 0.2) is 4.99 Å². The van der Waals surface area contributed by atoms with Gasteiger partial charge in [0.2, 0.25) is 0 Å². The van der Waals surface area contributed by atoms with Gasteiger partial charge in [-0.3, -0.25) is 4.99 Å². The van der Waals surface area contributed by atoms with Gasteiger partial charge in [-0.25, -0.2) is 0 Å². The Morgan fingerprint density at radius 2 is 2.17 bits per heavy atom. The normalized spacial score (nSPS) is 21.0. The molecule has 12 heavy (non-hydrogen) atoms. The molecule has 0 aromatic heterocycles. The van der Waals surface area contributed by atoms with Gasteiger partial charge in [0, 0.05) is 5.92 Å². The third kappa shape index (κ3) is 2.84. The number of hydrogen-bond acceptors (Lipinski definition) is 1. The number of rotatable bonds is 5. The molecule has 70 valence electrons. The summed E-state index contributed by atoms with van der Waals surface area (Å²) in [4.78, 5) is 4.54. The molecule has 0 saturated heterocycles. The van der Waals surface area contributed by atoms with Crippen molar-refractivity contribution >= 4 is 5.84 Å². The van der Waals surface area contributed by atoms with Crippen molar-refractivity contribution in [2.75, 3.05) is 0 Å². The summed E-state index contributed by atoms with van der Waals surface area (Å²) in [6.07, 6.45) is 6.04. The zero-order valence-electron chi connectivity index (χ0n) is 8.21. The molecule has 0 aromatic carbocycles. The topological polar surface area (TPSA) is 38.4 Å². The largest absolute Gasteiger partial charge is 0.387 e. The van der Waals surface area contributed by atoms with Crippen LogP contribution in [0.5, 0.6) is 0 Å². The molecule has 1 saturated carbocycles. The Bertz CT molecular complexity index is 159. The molecule has 2 N–H and O–H groups in total. The minimum absolute atomic E-state index is 0.482. The molecule has 1 fully saturated rings. The molecule has 2 heteroatoms. The zero-order valence-corrected chi connectivity index (χ0v) is 8.21. The molecule has 0 aliphatic heterocycles. The van der Waals surface area contributed by atoms with Crippen LogP contribution in [0, 0.1) is 5.92 Å². The van der Waals surface area contributed by atoms with E-state index in [-0.39, 0.29) is 0 Å². The van der Waals surface area contributed by atoms with E-state index in [1.54, 1.807) is 0 Å². The van der Waals surface area contributed by atoms with Gasteiger partial charge in [-0.15, -0.1) is 0 Å². The quantitative estimate of drug-likeness (QED) is 0.496. The van der Waals surface area contributed by atoms with E-state index in [0.717, 1.165) is 12.3 Å². The summed E-state index contributed by atoms with van der Waals surface area (Å²) in [6, 6.07) is 0.482. The maximum absolute atomic E-state index is 5.84. The Balaban J connectivity index is 2.37. The molecule has 0 aromatic rings. The van der Waals surface area contributed by atoms with Gasteiger partial charge in [-0.2, -0.15) is 0 Å². The first-order valence-electron chi connectivity index (χ1n) is 5.11. The highest BCUT2D eigenvalue weighted by atomic mass is 14.9. The fraction of sp³-hybridized carbons (Fsp3) is 0.900. The van der Waals surface area contributed by atoms with Gasteiger partial charge in [0.05, 0.1) is 11.9 Å². The third-order valence-corrected chi connectivity index (χ3v) is 2.42. The molecule has 1 aliphatic rings. The van der Waals surface area contributed by atoms with Crippen LogP contribution in [0.3, 0.4) is 0 Å². The van der Waals surface area contributed by atoms with Gasteiger partial charge in [0.1, 0.15) is 0 Å². The fourth-order valence-electron chi connectivity index (χ4n) is 1.39. The summed E-state index contributed by atoms with van der Waals surface area (Å²) in [6.45, 7) is 4.38. The van der Waals surface area contributed by atoms with E-state index >= 15 is 0 Å². The van der Waals surface area contributed by atoms with E-state index in [9.17, 15) is 0 Å². The molecule has 1 unspecified atom stereocenters. The first-order chi connectivity index (χ1) is 5.77. The summed E-state index contributed by atoms with van der Waals surface area (Å²) >= 11 is 0. The van der Waals surface area contributed by atoms with Crippen LogP contribution >= 0.6 is 0 Å². The Morgan fingerprint density at radius 3 is 2.58 bits per heavy atom. The lowest BCUT2D eigenvalue weighted by Gasteiger charge is -2.09. The van der Waals surface area contributed by atoms with E-state index in [2.05, 4.69) is 18.8 Å². The summed E-state index contributed by atoms with van der Waals surface area (Å²) in [5, 5.41) is 0. The molecule has 0 bridgehead atoms. The number of hydrogen-bond donors (Lipinski definition) is 1. The van der Waals surface area contributed by atoms with E-state index in [1.165, 1.54) is 25.7 Å². The number of aliphatic imine (C=N–C) groups is 1. The van der Waals surface area contributed by atoms with Gasteiger partial charge in [-0.1, -0.05) is 20.3 Å². The van der Waals surface area contributed by atoms with E-state index in [0.29, 0.717) is 12.0 Å². The number of nitrogens with zero attached hydrogens (tertiary/aromatic N) is 1. The molecule has 0 amide bonds. The van der Waals surface area contributed by atoms with Gasteiger partial charge in [-0.05, 0) is 25.7 Å². The van der Waals surface area contributed by atoms with Crippen LogP contribution in [0.1, 0.15) is 46.0 Å². The molecule has 0 spiro atoms. The van der Waals surface area contributed by atoms with Crippen molar-refractivity contribution in [1.29, 1.82) is 0 Å². The molecule has 1 atom stereocenters. The molecule has 0 radical (unpaired) electrons. The summed E-state index contributed by atoms with van der Waals surface area (Å²) < 4.78 is 0. The van der Waals surface area contributed by atoms with Crippen molar-refractivity contribution in [1.82, 2.24) is 0 Å². The van der Waals surface area contributed by atoms with Crippen LogP contribution < -0.4 is 5.73 Å². The van der Waals surface area contributed by atoms with E-state index < -0.39 is 0 Å². The summed E-state index contributed by atoms with van der Waals surface area (Å²) in [5.41, 5.74) is 5.84. The van der Waals surface area contributed by atoms with Crippen LogP contribution in [0.25, 0.3) is 0 Å². The van der Waals surface area contributed by atoms with Gasteiger partial charge in [0.15, 0.2) is 0 Å². The number of amidine groups is 1. The first-order valence-corrected chi connectivity index (χ1v) is 5.11. The molecule has 1 aliphatic carbocycles. The van der Waals surface area contributed by atoms with Crippen LogP contribution in [0.2, 0.25) is 0 Å². The Labute approximate surface area is 75.3 Å². The predicted octanol–water partition coefficient (Wildman–Crippen LogP) is 2.33. The summed E-state index contributed by atoms with van der Waals surface area (Å²) in [7, 11) is 0. The highest BCUT2D eigenvalue weighted by molar-refractivity contribution is 5.85. The van der Waals surface area contributed by atoms with Crippen molar-refractivity contribution in [3.8, 4) is 0 Å². The smallest absolute Gasteiger partial charge is 0.0971 e. The number of nitrogens with two attached hydrogens (primary N) is 1. The zero-order chi connectivity index (χ0) is 8.97. The standard InChI is InChI=1S/C10H20N2/c1-3-5-9(4-2)12-10(11)8-6-7-8/h8-9H,3-7H2,1-2H3,(H2,11,12). The lowest BCUT2D eigenvalue weighted by atomic mass is 10.1. The molecule has 0 heterocycles. The molecule has 1 rings (SSSR count). The second-order valence-electron chi connectivity index (χ2n) is 3.68. The maximum Gasteiger partial charge on any atom is 0.0971 e. The molecule has 2 nitrogen and oxygen atoms in total. The van der Waals surface area contributed by atoms with Crippen LogP contribution in [-0.2, 0) is 0 Å². The lowest BCUT2D eigenvalue weighted by molar-refractivity contribution is 0.586. The van der Waals surface area contributed by atoms with Crippen molar-refractivity contribution in [2.24, 2.45) is 16.6 Å². The predicted molar refractivity (Wildman–Crippen MR) is 53.3 cm³/mol. The van der Waals surface area contributed by atoms with Gasteiger partial charge in [0.25, 0.3) is 0 Å². The molecular weight excluding hydrogens is 148 g/mol. The van der Waals surface area contributed by atoms with Crippen LogP contribution in [-0.4, -0.2) is 11.9 Å². The van der Waals surface area contributed by atoms with Crippen LogP contribution in [0.4, 0.5) is 0 Å². The Hall–Kier alpha value is -0.530. The SMILES string of the molecule is CCCC(CC)N=C(N)C1CC1. The van der Waals surface area contributed by atoms with Crippen molar-refractivity contribution in [3.05, 3.63) is 0 Å². The highest BCUT2D eigenvalue weighted by Crippen LogP contribution is 2.29. The fourth-order valence-corrected chi connectivity index (χ4v) is 1.39. The first kappa shape index (κ1) is 9.56. The van der Waals surface area contributed by atoms with Gasteiger partial charge >= 0.3 is 0 Å². The van der Waals surface area contributed by atoms with E-state index in [4.69, 9.17) is 5.73 Å². The minimum atomic E-state index is 0.482. The lowest BCUT2D eigenvalue weighted by Crippen LogP contribution is -2.18. The van der Waals surface area contributed by atoms with Crippen molar-refractivity contribution in [2.45, 2.75) is 52.0 Å². The average molecular weight is 168 g/mol. The Morgan fingerprint density at radius 1 is 1.50 bits per heavy atom. The molecular formula is C10H20N2. The van der Waals surface area contributed by atoms with E-state index in [1.807, 2.05) is 0 Å². The maximum atomic E-state index is 5.84. The summed E-state index contributed by atoms with van der Waals surface area (Å²) in [5.74, 6) is 1.55. The Kier molecular flexibility index (Phi) is 3.57. The minimum Gasteiger partial charge on any atom is -0.387 e. The van der Waals surface area contributed by atoms with Crippen molar-refractivity contribution < 1.29 is 0 Å². The van der Waals surface area contributed by atoms with Gasteiger partial charge < -0.3 is 5.73 Å². The monoisotopic (exact) mass is 168 g/mol. The third-order valence-electron chi connectivity index (χ3n) is 2.42. The average Bonchev–Trinajstić information content (AvgIpc) is 2.85. The highest BCUT2D eigenvalue weighted by Gasteiger charge is 2.25. The second-order valence-corrected chi connectivity index (χ2v) is 3.68.